The average Bonchev–Trinajstić information content (AvgIpc) is 2.18. The predicted molar refractivity (Wildman–Crippen MR) is 38.4 cm³/mol. The second-order valence-corrected chi connectivity index (χ2v) is 2.31. The van der Waals surface area contributed by atoms with E-state index in [1.807, 2.05) is 0 Å². The minimum atomic E-state index is -3.20. The summed E-state index contributed by atoms with van der Waals surface area (Å²) in [6.07, 6.45) is 0. The minimum Gasteiger partial charge on any atom is -0.860 e. The van der Waals surface area contributed by atoms with Crippen molar-refractivity contribution in [3.05, 3.63) is 29.1 Å². The van der Waals surface area contributed by atoms with Crippen LogP contribution in [-0.4, -0.2) is 52.8 Å². The normalized spacial score (nSPS) is 9.69. The minimum absolute atomic E-state index is 0. The Morgan fingerprint density at radius 2 is 1.06 bits per heavy atom. The van der Waals surface area contributed by atoms with Gasteiger partial charge in [-0.15, -0.1) is 0 Å². The van der Waals surface area contributed by atoms with Gasteiger partial charge in [-0.05, 0) is 0 Å². The molecule has 3 nitrogen and oxygen atoms in total. The molecule has 0 unspecified atom stereocenters. The fourth-order valence-corrected chi connectivity index (χ4v) is 0.784. The zero-order valence-electron chi connectivity index (χ0n) is 7.40. The van der Waals surface area contributed by atoms with Crippen molar-refractivity contribution in [2.45, 2.75) is 0 Å². The standard InChI is InChI=1S/C6BF5O3.Sr/c8-1-2(9)4(11)6(15-7(13)14)5(12)3(1)10;/q-2;+2. The van der Waals surface area contributed by atoms with Crippen molar-refractivity contribution in [2.75, 3.05) is 0 Å². The monoisotopic (exact) mass is 314 g/mol. The van der Waals surface area contributed by atoms with Crippen molar-refractivity contribution >= 4 is 52.8 Å². The largest absolute Gasteiger partial charge is 2.00 e. The molecule has 0 aliphatic rings. The van der Waals surface area contributed by atoms with E-state index in [0.29, 0.717) is 0 Å². The van der Waals surface area contributed by atoms with E-state index < -0.39 is 42.2 Å². The Balaban J connectivity index is 0.00000225. The molecule has 0 heterocycles. The summed E-state index contributed by atoms with van der Waals surface area (Å²) in [6, 6.07) is 0. The molecule has 0 N–H and O–H groups in total. The Hall–Kier alpha value is 0.135. The molecule has 0 aliphatic carbocycles. The Morgan fingerprint density at radius 3 is 1.38 bits per heavy atom. The van der Waals surface area contributed by atoms with E-state index in [-0.39, 0.29) is 45.5 Å². The van der Waals surface area contributed by atoms with Crippen LogP contribution in [0.4, 0.5) is 22.0 Å². The van der Waals surface area contributed by atoms with Gasteiger partial charge in [0.15, 0.2) is 5.75 Å². The zero-order chi connectivity index (χ0) is 11.7. The van der Waals surface area contributed by atoms with Gasteiger partial charge in [-0.1, -0.05) is 0 Å². The van der Waals surface area contributed by atoms with E-state index >= 15 is 0 Å². The first-order valence-corrected chi connectivity index (χ1v) is 3.36. The summed E-state index contributed by atoms with van der Waals surface area (Å²) in [5.41, 5.74) is 0. The fraction of sp³-hybridized carbons (Fsp3) is 0. The molecule has 0 radical (unpaired) electrons. The summed E-state index contributed by atoms with van der Waals surface area (Å²) in [5.74, 6) is -13.6. The Labute approximate surface area is 123 Å². The van der Waals surface area contributed by atoms with Gasteiger partial charge in [0, 0.05) is 0 Å². The van der Waals surface area contributed by atoms with E-state index in [1.165, 1.54) is 0 Å². The van der Waals surface area contributed by atoms with E-state index in [2.05, 4.69) is 4.65 Å². The van der Waals surface area contributed by atoms with Gasteiger partial charge in [0.05, 0.1) is 0 Å². The topological polar surface area (TPSA) is 55.3 Å². The first kappa shape index (κ1) is 16.1. The van der Waals surface area contributed by atoms with Crippen LogP contribution in [0.5, 0.6) is 5.75 Å². The maximum absolute atomic E-state index is 12.6. The molecular formula is C6BF5O3Sr. The molecule has 1 aromatic carbocycles. The first-order chi connectivity index (χ1) is 6.86. The van der Waals surface area contributed by atoms with Gasteiger partial charge < -0.3 is 14.7 Å². The molecule has 0 aliphatic heterocycles. The summed E-state index contributed by atoms with van der Waals surface area (Å²) in [6.45, 7) is 0. The van der Waals surface area contributed by atoms with Crippen LogP contribution in [0.1, 0.15) is 0 Å². The van der Waals surface area contributed by atoms with Gasteiger partial charge >= 0.3 is 45.5 Å². The molecule has 0 saturated heterocycles. The molecule has 0 amide bonds. The van der Waals surface area contributed by atoms with E-state index in [4.69, 9.17) is 0 Å². The van der Waals surface area contributed by atoms with E-state index in [1.54, 1.807) is 0 Å². The second kappa shape index (κ2) is 6.17. The number of benzene rings is 1. The van der Waals surface area contributed by atoms with Gasteiger partial charge in [0.1, 0.15) is 7.32 Å². The summed E-state index contributed by atoms with van der Waals surface area (Å²) < 4.78 is 65.9. The van der Waals surface area contributed by atoms with Crippen LogP contribution in [-0.2, 0) is 0 Å². The maximum atomic E-state index is 12.6. The van der Waals surface area contributed by atoms with Crippen LogP contribution in [0.3, 0.4) is 0 Å². The molecule has 0 aromatic heterocycles. The Morgan fingerprint density at radius 1 is 0.750 bits per heavy atom. The molecule has 0 fully saturated rings. The molecule has 1 rings (SSSR count). The zero-order valence-corrected chi connectivity index (χ0v) is 10.9. The predicted octanol–water partition coefficient (Wildman–Crippen LogP) is -0.914. The molecule has 0 saturated carbocycles. The quantitative estimate of drug-likeness (QED) is 0.307. The number of halogens is 5. The van der Waals surface area contributed by atoms with Crippen molar-refractivity contribution in [2.24, 2.45) is 0 Å². The van der Waals surface area contributed by atoms with Crippen molar-refractivity contribution in [1.29, 1.82) is 0 Å². The van der Waals surface area contributed by atoms with E-state index in [0.717, 1.165) is 0 Å². The van der Waals surface area contributed by atoms with Crippen molar-refractivity contribution in [3.8, 4) is 5.75 Å². The number of hydrogen-bond acceptors (Lipinski definition) is 3. The second-order valence-electron chi connectivity index (χ2n) is 2.31. The first-order valence-electron chi connectivity index (χ1n) is 3.36. The van der Waals surface area contributed by atoms with Crippen LogP contribution in [0.15, 0.2) is 0 Å². The third kappa shape index (κ3) is 3.08. The summed E-state index contributed by atoms with van der Waals surface area (Å²) in [7, 11) is -3.20. The van der Waals surface area contributed by atoms with Crippen LogP contribution in [0.2, 0.25) is 0 Å². The van der Waals surface area contributed by atoms with Crippen LogP contribution in [0.25, 0.3) is 0 Å². The van der Waals surface area contributed by atoms with Gasteiger partial charge in [-0.25, -0.2) is 13.2 Å². The summed E-state index contributed by atoms with van der Waals surface area (Å²) in [5, 5.41) is 19.7. The molecular weight excluding hydrogens is 313 g/mol. The molecule has 0 bridgehead atoms. The molecule has 82 valence electrons. The van der Waals surface area contributed by atoms with Gasteiger partial charge in [0.25, 0.3) is 0 Å². The van der Waals surface area contributed by atoms with E-state index in [9.17, 15) is 32.0 Å². The average molecular weight is 313 g/mol. The maximum Gasteiger partial charge on any atom is 2.00 e. The summed E-state index contributed by atoms with van der Waals surface area (Å²) >= 11 is 0. The van der Waals surface area contributed by atoms with Crippen molar-refractivity contribution in [1.82, 2.24) is 0 Å². The Bertz CT molecular complexity index is 373. The summed E-state index contributed by atoms with van der Waals surface area (Å²) in [4.78, 5) is 0. The van der Waals surface area contributed by atoms with Crippen LogP contribution in [0, 0.1) is 29.1 Å². The number of hydrogen-bond donors (Lipinski definition) is 0. The molecule has 16 heavy (non-hydrogen) atoms. The van der Waals surface area contributed by atoms with Gasteiger partial charge in [-0.2, -0.15) is 8.78 Å². The van der Waals surface area contributed by atoms with Crippen LogP contribution < -0.4 is 14.7 Å². The van der Waals surface area contributed by atoms with Crippen LogP contribution >= 0.6 is 0 Å². The molecule has 10 heteroatoms. The van der Waals surface area contributed by atoms with Crippen molar-refractivity contribution in [3.63, 3.8) is 0 Å². The third-order valence-electron chi connectivity index (χ3n) is 1.38. The fourth-order valence-electron chi connectivity index (χ4n) is 0.784. The third-order valence-corrected chi connectivity index (χ3v) is 1.38. The smallest absolute Gasteiger partial charge is 0.860 e. The molecule has 1 aromatic rings. The van der Waals surface area contributed by atoms with Gasteiger partial charge in [0.2, 0.25) is 29.1 Å². The SMILES string of the molecule is [O-]B([O-])Oc1c(F)c(F)c(F)c(F)c1F.[Sr+2]. The number of rotatable bonds is 2. The Kier molecular flexibility index (Phi) is 6.22. The van der Waals surface area contributed by atoms with Gasteiger partial charge in [-0.3, -0.25) is 0 Å². The molecule has 0 spiro atoms. The van der Waals surface area contributed by atoms with Crippen molar-refractivity contribution < 1.29 is 36.7 Å². The molecule has 0 atom stereocenters.